The zero-order valence-corrected chi connectivity index (χ0v) is 17.5. The normalized spacial score (nSPS) is 12.2. The summed E-state index contributed by atoms with van der Waals surface area (Å²) in [6.07, 6.45) is 1.18. The highest BCUT2D eigenvalue weighted by Crippen LogP contribution is 2.23. The SMILES string of the molecule is CC(C)(C)c1ccc(CN(Cc2cccc(OCC(=O)O)c2)S(C)(=O)=O)cc1. The van der Waals surface area contributed by atoms with Crippen LogP contribution in [0.3, 0.4) is 0 Å². The molecule has 0 amide bonds. The van der Waals surface area contributed by atoms with Gasteiger partial charge in [0, 0.05) is 13.1 Å². The number of rotatable bonds is 8. The Morgan fingerprint density at radius 1 is 1.04 bits per heavy atom. The predicted molar refractivity (Wildman–Crippen MR) is 109 cm³/mol. The first-order chi connectivity index (χ1) is 12.9. The number of aliphatic carboxylic acids is 1. The van der Waals surface area contributed by atoms with Crippen LogP contribution in [0, 0.1) is 0 Å². The van der Waals surface area contributed by atoms with Crippen molar-refractivity contribution in [3.05, 3.63) is 65.2 Å². The van der Waals surface area contributed by atoms with E-state index in [0.29, 0.717) is 5.75 Å². The summed E-state index contributed by atoms with van der Waals surface area (Å²) in [5.41, 5.74) is 2.84. The van der Waals surface area contributed by atoms with Gasteiger partial charge in [0.05, 0.1) is 6.26 Å². The molecule has 0 aromatic heterocycles. The third-order valence-corrected chi connectivity index (χ3v) is 5.46. The molecule has 7 heteroatoms. The molecular weight excluding hydrogens is 378 g/mol. The Morgan fingerprint density at radius 2 is 1.64 bits per heavy atom. The van der Waals surface area contributed by atoms with Crippen LogP contribution in [0.25, 0.3) is 0 Å². The Bertz CT molecular complexity index is 915. The number of hydrogen-bond donors (Lipinski definition) is 1. The quantitative estimate of drug-likeness (QED) is 0.728. The first-order valence-corrected chi connectivity index (χ1v) is 10.8. The van der Waals surface area contributed by atoms with Crippen LogP contribution in [0.4, 0.5) is 0 Å². The Kier molecular flexibility index (Phi) is 6.85. The van der Waals surface area contributed by atoms with E-state index in [4.69, 9.17) is 9.84 Å². The van der Waals surface area contributed by atoms with E-state index < -0.39 is 22.6 Å². The maximum absolute atomic E-state index is 12.3. The summed E-state index contributed by atoms with van der Waals surface area (Å²) in [7, 11) is -3.44. The number of carboxylic acids is 1. The molecular formula is C21H27NO5S. The Balaban J connectivity index is 2.17. The zero-order chi connectivity index (χ0) is 20.9. The van der Waals surface area contributed by atoms with Crippen LogP contribution in [0.2, 0.25) is 0 Å². The van der Waals surface area contributed by atoms with E-state index in [-0.39, 0.29) is 18.5 Å². The predicted octanol–water partition coefficient (Wildman–Crippen LogP) is 3.41. The Morgan fingerprint density at radius 3 is 2.18 bits per heavy atom. The molecule has 28 heavy (non-hydrogen) atoms. The van der Waals surface area contributed by atoms with Gasteiger partial charge in [-0.1, -0.05) is 57.2 Å². The van der Waals surface area contributed by atoms with Crippen molar-refractivity contribution >= 4 is 16.0 Å². The van der Waals surface area contributed by atoms with Crippen molar-refractivity contribution in [2.75, 3.05) is 12.9 Å². The topological polar surface area (TPSA) is 83.9 Å². The van der Waals surface area contributed by atoms with Crippen molar-refractivity contribution < 1.29 is 23.1 Å². The van der Waals surface area contributed by atoms with Crippen LogP contribution >= 0.6 is 0 Å². The minimum absolute atomic E-state index is 0.0332. The van der Waals surface area contributed by atoms with E-state index >= 15 is 0 Å². The lowest BCUT2D eigenvalue weighted by molar-refractivity contribution is -0.139. The van der Waals surface area contributed by atoms with Gasteiger partial charge in [-0.05, 0) is 34.2 Å². The highest BCUT2D eigenvalue weighted by atomic mass is 32.2. The Hall–Kier alpha value is -2.38. The molecule has 0 spiro atoms. The van der Waals surface area contributed by atoms with Crippen molar-refractivity contribution in [2.45, 2.75) is 39.3 Å². The number of ether oxygens (including phenoxy) is 1. The van der Waals surface area contributed by atoms with E-state index in [1.165, 1.54) is 16.1 Å². The van der Waals surface area contributed by atoms with E-state index in [1.807, 2.05) is 24.3 Å². The maximum atomic E-state index is 12.3. The van der Waals surface area contributed by atoms with Crippen molar-refractivity contribution in [3.63, 3.8) is 0 Å². The van der Waals surface area contributed by atoms with Crippen LogP contribution < -0.4 is 4.74 Å². The molecule has 0 radical (unpaired) electrons. The molecule has 152 valence electrons. The second-order valence-electron chi connectivity index (χ2n) is 7.81. The molecule has 2 rings (SSSR count). The monoisotopic (exact) mass is 405 g/mol. The molecule has 0 heterocycles. The zero-order valence-electron chi connectivity index (χ0n) is 16.7. The molecule has 0 fully saturated rings. The molecule has 0 aliphatic rings. The van der Waals surface area contributed by atoms with Gasteiger partial charge in [0.1, 0.15) is 5.75 Å². The standard InChI is InChI=1S/C21H27NO5S/c1-21(2,3)18-10-8-16(9-11-18)13-22(28(4,25)26)14-17-6-5-7-19(12-17)27-15-20(23)24/h5-12H,13-15H2,1-4H3,(H,23,24). The van der Waals surface area contributed by atoms with Gasteiger partial charge in [-0.2, -0.15) is 4.31 Å². The third kappa shape index (κ3) is 6.65. The molecule has 0 unspecified atom stereocenters. The lowest BCUT2D eigenvalue weighted by atomic mass is 9.87. The molecule has 0 aliphatic heterocycles. The minimum atomic E-state index is -3.44. The average Bonchev–Trinajstić information content (AvgIpc) is 2.59. The van der Waals surface area contributed by atoms with Gasteiger partial charge in [-0.3, -0.25) is 0 Å². The number of carboxylic acid groups (broad SMARTS) is 1. The number of sulfonamides is 1. The number of hydrogen-bond acceptors (Lipinski definition) is 4. The minimum Gasteiger partial charge on any atom is -0.482 e. The highest BCUT2D eigenvalue weighted by molar-refractivity contribution is 7.88. The van der Waals surface area contributed by atoms with Gasteiger partial charge < -0.3 is 9.84 Å². The first-order valence-electron chi connectivity index (χ1n) is 8.93. The fourth-order valence-corrected chi connectivity index (χ4v) is 3.45. The largest absolute Gasteiger partial charge is 0.482 e. The van der Waals surface area contributed by atoms with Gasteiger partial charge in [0.2, 0.25) is 10.0 Å². The number of carbonyl (C=O) groups is 1. The van der Waals surface area contributed by atoms with Gasteiger partial charge >= 0.3 is 5.97 Å². The fraction of sp³-hybridized carbons (Fsp3) is 0.381. The van der Waals surface area contributed by atoms with Crippen molar-refractivity contribution in [2.24, 2.45) is 0 Å². The molecule has 0 aliphatic carbocycles. The molecule has 2 aromatic rings. The number of nitrogens with zero attached hydrogens (tertiary/aromatic N) is 1. The molecule has 0 atom stereocenters. The molecule has 0 saturated heterocycles. The van der Waals surface area contributed by atoms with Crippen LogP contribution in [-0.4, -0.2) is 36.7 Å². The summed E-state index contributed by atoms with van der Waals surface area (Å²) in [6, 6.07) is 14.7. The van der Waals surface area contributed by atoms with E-state index in [1.54, 1.807) is 24.3 Å². The lowest BCUT2D eigenvalue weighted by Gasteiger charge is -2.22. The number of benzene rings is 2. The third-order valence-electron chi connectivity index (χ3n) is 4.27. The smallest absolute Gasteiger partial charge is 0.341 e. The van der Waals surface area contributed by atoms with Crippen molar-refractivity contribution in [1.29, 1.82) is 0 Å². The van der Waals surface area contributed by atoms with Crippen LogP contribution in [-0.2, 0) is 33.3 Å². The summed E-state index contributed by atoms with van der Waals surface area (Å²) >= 11 is 0. The summed E-state index contributed by atoms with van der Waals surface area (Å²) in [5.74, 6) is -0.676. The molecule has 0 saturated carbocycles. The lowest BCUT2D eigenvalue weighted by Crippen LogP contribution is -2.29. The van der Waals surface area contributed by atoms with E-state index in [2.05, 4.69) is 20.8 Å². The summed E-state index contributed by atoms with van der Waals surface area (Å²) in [4.78, 5) is 10.6. The molecule has 1 N–H and O–H groups in total. The fourth-order valence-electron chi connectivity index (χ4n) is 2.69. The van der Waals surface area contributed by atoms with Gasteiger partial charge in [0.15, 0.2) is 6.61 Å². The van der Waals surface area contributed by atoms with Crippen LogP contribution in [0.15, 0.2) is 48.5 Å². The van der Waals surface area contributed by atoms with Crippen molar-refractivity contribution in [1.82, 2.24) is 4.31 Å². The van der Waals surface area contributed by atoms with Crippen LogP contribution in [0.5, 0.6) is 5.75 Å². The second-order valence-corrected chi connectivity index (χ2v) is 9.79. The van der Waals surface area contributed by atoms with Gasteiger partial charge in [0.25, 0.3) is 0 Å². The van der Waals surface area contributed by atoms with Crippen molar-refractivity contribution in [3.8, 4) is 5.75 Å². The molecule has 0 bridgehead atoms. The van der Waals surface area contributed by atoms with E-state index in [9.17, 15) is 13.2 Å². The molecule has 2 aromatic carbocycles. The molecule has 6 nitrogen and oxygen atoms in total. The van der Waals surface area contributed by atoms with Crippen LogP contribution in [0.1, 0.15) is 37.5 Å². The average molecular weight is 406 g/mol. The summed E-state index contributed by atoms with van der Waals surface area (Å²) in [6.45, 7) is 6.37. The van der Waals surface area contributed by atoms with E-state index in [0.717, 1.165) is 11.1 Å². The summed E-state index contributed by atoms with van der Waals surface area (Å²) < 4.78 is 31.1. The van der Waals surface area contributed by atoms with Gasteiger partial charge in [-0.25, -0.2) is 13.2 Å². The Labute approximate surface area is 166 Å². The highest BCUT2D eigenvalue weighted by Gasteiger charge is 2.19. The second kappa shape index (κ2) is 8.75. The summed E-state index contributed by atoms with van der Waals surface area (Å²) in [5, 5.41) is 8.72. The first kappa shape index (κ1) is 21.9. The maximum Gasteiger partial charge on any atom is 0.341 e. The van der Waals surface area contributed by atoms with Gasteiger partial charge in [-0.15, -0.1) is 0 Å².